The smallest absolute Gasteiger partial charge is 0.334 e. The monoisotopic (exact) mass is 199 g/mol. The van der Waals surface area contributed by atoms with Crippen LogP contribution >= 0.6 is 0 Å². The molecule has 0 spiro atoms. The second kappa shape index (κ2) is 5.00. The summed E-state index contributed by atoms with van der Waals surface area (Å²) in [5.74, 6) is -0.374. The largest absolute Gasteiger partial charge is 0.494 e. The highest BCUT2D eigenvalue weighted by Gasteiger charge is 2.16. The number of carbonyl (C=O) groups is 1. The Morgan fingerprint density at radius 1 is 1.36 bits per heavy atom. The van der Waals surface area contributed by atoms with E-state index in [0.717, 1.165) is 25.9 Å². The van der Waals surface area contributed by atoms with Gasteiger partial charge in [-0.3, -0.25) is 0 Å². The van der Waals surface area contributed by atoms with Gasteiger partial charge in [-0.05, 0) is 39.8 Å². The van der Waals surface area contributed by atoms with Crippen LogP contribution < -0.4 is 5.32 Å². The van der Waals surface area contributed by atoms with Crippen LogP contribution in [0.15, 0.2) is 11.3 Å². The average Bonchev–Trinajstić information content (AvgIpc) is 2.18. The van der Waals surface area contributed by atoms with E-state index >= 15 is 0 Å². The normalized spacial score (nSPS) is 20.1. The summed E-state index contributed by atoms with van der Waals surface area (Å²) in [7, 11) is 0. The molecule has 1 aliphatic rings. The Hall–Kier alpha value is -1.03. The lowest BCUT2D eigenvalue weighted by molar-refractivity contribution is -0.132. The molecule has 0 unspecified atom stereocenters. The predicted molar refractivity (Wildman–Crippen MR) is 53.0 cm³/mol. The molecule has 4 nitrogen and oxygen atoms in total. The fourth-order valence-electron chi connectivity index (χ4n) is 1.40. The molecule has 0 aliphatic carbocycles. The Morgan fingerprint density at radius 2 is 1.93 bits per heavy atom. The van der Waals surface area contributed by atoms with Gasteiger partial charge in [-0.1, -0.05) is 0 Å². The lowest BCUT2D eigenvalue weighted by atomic mass is 10.1. The minimum atomic E-state index is -0.906. The zero-order valence-corrected chi connectivity index (χ0v) is 8.67. The van der Waals surface area contributed by atoms with Crippen molar-refractivity contribution in [3.8, 4) is 0 Å². The Morgan fingerprint density at radius 3 is 2.43 bits per heavy atom. The summed E-state index contributed by atoms with van der Waals surface area (Å²) in [5.41, 5.74) is 0.295. The number of nitrogens with one attached hydrogen (secondary N) is 1. The summed E-state index contributed by atoms with van der Waals surface area (Å²) < 4.78 is 5.57. The molecule has 0 aromatic carbocycles. The van der Waals surface area contributed by atoms with Crippen molar-refractivity contribution in [1.29, 1.82) is 0 Å². The Bertz CT molecular complexity index is 242. The van der Waals surface area contributed by atoms with Crippen LogP contribution in [0, 0.1) is 0 Å². The van der Waals surface area contributed by atoms with Gasteiger partial charge < -0.3 is 15.2 Å². The zero-order chi connectivity index (χ0) is 10.6. The third kappa shape index (κ3) is 3.03. The van der Waals surface area contributed by atoms with Gasteiger partial charge >= 0.3 is 5.97 Å². The second-order valence-electron chi connectivity index (χ2n) is 3.55. The number of aliphatic carboxylic acids is 1. The van der Waals surface area contributed by atoms with Crippen LogP contribution in [0.4, 0.5) is 0 Å². The summed E-state index contributed by atoms with van der Waals surface area (Å²) in [6.07, 6.45) is 2.07. The number of hydrogen-bond donors (Lipinski definition) is 2. The van der Waals surface area contributed by atoms with Gasteiger partial charge in [0.25, 0.3) is 0 Å². The van der Waals surface area contributed by atoms with Crippen molar-refractivity contribution in [1.82, 2.24) is 5.32 Å². The molecule has 1 rings (SSSR count). The average molecular weight is 199 g/mol. The highest BCUT2D eigenvalue weighted by Crippen LogP contribution is 2.14. The van der Waals surface area contributed by atoms with Crippen molar-refractivity contribution in [2.75, 3.05) is 13.1 Å². The molecule has 0 bridgehead atoms. The van der Waals surface area contributed by atoms with Crippen LogP contribution in [0.5, 0.6) is 0 Å². The Labute approximate surface area is 83.9 Å². The molecule has 1 fully saturated rings. The minimum Gasteiger partial charge on any atom is -0.494 e. The van der Waals surface area contributed by atoms with E-state index in [-0.39, 0.29) is 6.10 Å². The van der Waals surface area contributed by atoms with E-state index in [1.54, 1.807) is 13.8 Å². The first-order valence-corrected chi connectivity index (χ1v) is 4.89. The van der Waals surface area contributed by atoms with E-state index < -0.39 is 5.97 Å². The van der Waals surface area contributed by atoms with Crippen LogP contribution in [-0.2, 0) is 9.53 Å². The van der Waals surface area contributed by atoms with Crippen molar-refractivity contribution in [2.45, 2.75) is 32.8 Å². The van der Waals surface area contributed by atoms with Crippen LogP contribution in [-0.4, -0.2) is 30.3 Å². The maximum Gasteiger partial charge on any atom is 0.334 e. The highest BCUT2D eigenvalue weighted by atomic mass is 16.5. The molecular formula is C10H17NO3. The van der Waals surface area contributed by atoms with Gasteiger partial charge in [-0.25, -0.2) is 4.79 Å². The number of piperidine rings is 1. The van der Waals surface area contributed by atoms with Crippen molar-refractivity contribution < 1.29 is 14.6 Å². The van der Waals surface area contributed by atoms with Crippen LogP contribution in [0.25, 0.3) is 0 Å². The molecule has 1 heterocycles. The maximum absolute atomic E-state index is 10.6. The van der Waals surface area contributed by atoms with Gasteiger partial charge in [0.15, 0.2) is 0 Å². The Kier molecular flexibility index (Phi) is 3.95. The minimum absolute atomic E-state index is 0.172. The molecule has 2 N–H and O–H groups in total. The van der Waals surface area contributed by atoms with Gasteiger partial charge in [-0.2, -0.15) is 0 Å². The molecule has 1 saturated heterocycles. The summed E-state index contributed by atoms with van der Waals surface area (Å²) >= 11 is 0. The molecule has 4 heteroatoms. The topological polar surface area (TPSA) is 58.6 Å². The molecule has 0 radical (unpaired) electrons. The second-order valence-corrected chi connectivity index (χ2v) is 3.55. The molecule has 0 aromatic heterocycles. The molecule has 0 saturated carbocycles. The summed E-state index contributed by atoms with van der Waals surface area (Å²) in [4.78, 5) is 10.6. The zero-order valence-electron chi connectivity index (χ0n) is 8.67. The molecule has 14 heavy (non-hydrogen) atoms. The first-order valence-electron chi connectivity index (χ1n) is 4.89. The first-order chi connectivity index (χ1) is 6.61. The van der Waals surface area contributed by atoms with E-state index in [9.17, 15) is 4.79 Å². The highest BCUT2D eigenvalue weighted by molar-refractivity contribution is 5.86. The van der Waals surface area contributed by atoms with Crippen LogP contribution in [0.2, 0.25) is 0 Å². The fraction of sp³-hybridized carbons (Fsp3) is 0.700. The molecule has 0 aromatic rings. The van der Waals surface area contributed by atoms with Crippen LogP contribution in [0.3, 0.4) is 0 Å². The molecule has 1 aliphatic heterocycles. The predicted octanol–water partition coefficient (Wildman–Crippen LogP) is 1.13. The van der Waals surface area contributed by atoms with Gasteiger partial charge in [-0.15, -0.1) is 0 Å². The lowest BCUT2D eigenvalue weighted by Crippen LogP contribution is -2.32. The number of allylic oxidation sites excluding steroid dienone is 1. The number of rotatable bonds is 3. The van der Waals surface area contributed by atoms with E-state index in [1.807, 2.05) is 0 Å². The van der Waals surface area contributed by atoms with E-state index in [0.29, 0.717) is 11.3 Å². The first kappa shape index (κ1) is 11.0. The third-order valence-electron chi connectivity index (χ3n) is 2.48. The number of carboxylic acid groups (broad SMARTS) is 1. The standard InChI is InChI=1S/C10H17NO3/c1-7(10(12)13)8(2)14-9-3-5-11-6-4-9/h9,11H,3-6H2,1-2H3,(H,12,13). The SMILES string of the molecule is CC(OC1CCNCC1)=C(C)C(=O)O. The van der Waals surface area contributed by atoms with Crippen molar-refractivity contribution >= 4 is 5.97 Å². The van der Waals surface area contributed by atoms with E-state index in [2.05, 4.69) is 5.32 Å². The number of hydrogen-bond acceptors (Lipinski definition) is 3. The summed E-state index contributed by atoms with van der Waals surface area (Å²) in [6, 6.07) is 0. The van der Waals surface area contributed by atoms with Gasteiger partial charge in [0.1, 0.15) is 11.9 Å². The van der Waals surface area contributed by atoms with Crippen molar-refractivity contribution in [3.05, 3.63) is 11.3 Å². The maximum atomic E-state index is 10.6. The van der Waals surface area contributed by atoms with E-state index in [1.165, 1.54) is 0 Å². The summed E-state index contributed by atoms with van der Waals surface area (Å²) in [5, 5.41) is 12.0. The number of ether oxygens (including phenoxy) is 1. The molecule has 0 amide bonds. The number of carboxylic acids is 1. The van der Waals surface area contributed by atoms with Gasteiger partial charge in [0.05, 0.1) is 5.57 Å². The third-order valence-corrected chi connectivity index (χ3v) is 2.48. The van der Waals surface area contributed by atoms with Crippen molar-refractivity contribution in [3.63, 3.8) is 0 Å². The van der Waals surface area contributed by atoms with Gasteiger partial charge in [0.2, 0.25) is 0 Å². The Balaban J connectivity index is 2.49. The van der Waals surface area contributed by atoms with Crippen molar-refractivity contribution in [2.24, 2.45) is 0 Å². The quantitative estimate of drug-likeness (QED) is 0.528. The lowest BCUT2D eigenvalue weighted by Gasteiger charge is -2.24. The van der Waals surface area contributed by atoms with Gasteiger partial charge in [0, 0.05) is 0 Å². The molecule has 0 atom stereocenters. The summed E-state index contributed by atoms with van der Waals surface area (Å²) in [6.45, 7) is 5.18. The molecular weight excluding hydrogens is 182 g/mol. The fourth-order valence-corrected chi connectivity index (χ4v) is 1.40. The molecule has 80 valence electrons. The van der Waals surface area contributed by atoms with E-state index in [4.69, 9.17) is 9.84 Å². The van der Waals surface area contributed by atoms with Crippen LogP contribution in [0.1, 0.15) is 26.7 Å².